The average Bonchev–Trinajstić information content (AvgIpc) is 2.44. The zero-order valence-electron chi connectivity index (χ0n) is 14.3. The lowest BCUT2D eigenvalue weighted by Gasteiger charge is -2.31. The van der Waals surface area contributed by atoms with Crippen molar-refractivity contribution in [2.45, 2.75) is 46.1 Å². The Bertz CT molecular complexity index is 512. The van der Waals surface area contributed by atoms with E-state index in [-0.39, 0.29) is 5.91 Å². The van der Waals surface area contributed by atoms with Crippen molar-refractivity contribution in [3.8, 4) is 0 Å². The molecule has 0 aliphatic rings. The summed E-state index contributed by atoms with van der Waals surface area (Å²) in [5.41, 5.74) is 0.0461. The first-order valence-corrected chi connectivity index (χ1v) is 8.21. The lowest BCUT2D eigenvalue weighted by Crippen LogP contribution is -2.32. The van der Waals surface area contributed by atoms with Gasteiger partial charge in [-0.3, -0.25) is 9.46 Å². The van der Waals surface area contributed by atoms with Crippen molar-refractivity contribution in [3.05, 3.63) is 29.8 Å². The van der Waals surface area contributed by atoms with Gasteiger partial charge in [-0.05, 0) is 26.0 Å². The molecule has 22 heavy (non-hydrogen) atoms. The lowest BCUT2D eigenvalue weighted by molar-refractivity contribution is -0.123. The van der Waals surface area contributed by atoms with E-state index in [2.05, 4.69) is 14.7 Å². The SMILES string of the molecule is CCC(O)(CCN(C)P)c1ccccc1NC(=O)C(C)(C)C. The van der Waals surface area contributed by atoms with Crippen molar-refractivity contribution >= 4 is 21.0 Å². The van der Waals surface area contributed by atoms with E-state index in [1.54, 1.807) is 0 Å². The molecule has 0 bridgehead atoms. The molecule has 0 fully saturated rings. The minimum atomic E-state index is -0.952. The number of aliphatic hydroxyl groups is 1. The number of benzene rings is 1. The zero-order valence-corrected chi connectivity index (χ0v) is 15.5. The Hall–Kier alpha value is -0.960. The van der Waals surface area contributed by atoms with Gasteiger partial charge in [-0.2, -0.15) is 0 Å². The average molecular weight is 324 g/mol. The Morgan fingerprint density at radius 2 is 1.91 bits per heavy atom. The van der Waals surface area contributed by atoms with E-state index < -0.39 is 11.0 Å². The van der Waals surface area contributed by atoms with Crippen molar-refractivity contribution in [1.29, 1.82) is 0 Å². The highest BCUT2D eigenvalue weighted by molar-refractivity contribution is 7.13. The molecular formula is C17H29N2O2P. The highest BCUT2D eigenvalue weighted by Crippen LogP contribution is 2.35. The van der Waals surface area contributed by atoms with Gasteiger partial charge in [0.05, 0.1) is 5.60 Å². The minimum absolute atomic E-state index is 0.0541. The number of para-hydroxylation sites is 1. The molecule has 1 amide bonds. The van der Waals surface area contributed by atoms with Crippen LogP contribution in [0.4, 0.5) is 5.69 Å². The zero-order chi connectivity index (χ0) is 17.0. The van der Waals surface area contributed by atoms with Crippen LogP contribution in [0.3, 0.4) is 0 Å². The molecule has 2 N–H and O–H groups in total. The summed E-state index contributed by atoms with van der Waals surface area (Å²) in [6, 6.07) is 7.52. The van der Waals surface area contributed by atoms with Crippen LogP contribution in [0.15, 0.2) is 24.3 Å². The van der Waals surface area contributed by atoms with Crippen LogP contribution >= 0.6 is 9.39 Å². The van der Waals surface area contributed by atoms with Crippen LogP contribution in [0.25, 0.3) is 0 Å². The molecule has 0 saturated heterocycles. The fourth-order valence-electron chi connectivity index (χ4n) is 2.17. The van der Waals surface area contributed by atoms with Crippen LogP contribution in [-0.2, 0) is 10.4 Å². The molecule has 0 radical (unpaired) electrons. The molecule has 2 atom stereocenters. The van der Waals surface area contributed by atoms with E-state index in [0.717, 1.165) is 12.1 Å². The monoisotopic (exact) mass is 324 g/mol. The molecule has 1 aromatic rings. The molecule has 1 rings (SSSR count). The van der Waals surface area contributed by atoms with E-state index >= 15 is 0 Å². The summed E-state index contributed by atoms with van der Waals surface area (Å²) < 4.78 is 1.97. The molecule has 2 unspecified atom stereocenters. The Balaban J connectivity index is 3.10. The molecule has 124 valence electrons. The summed E-state index contributed by atoms with van der Waals surface area (Å²) in [4.78, 5) is 12.3. The second-order valence-corrected chi connectivity index (χ2v) is 7.75. The predicted octanol–water partition coefficient (Wildman–Crippen LogP) is 3.38. The van der Waals surface area contributed by atoms with Crippen LogP contribution < -0.4 is 5.32 Å². The van der Waals surface area contributed by atoms with Gasteiger partial charge in [0.1, 0.15) is 0 Å². The summed E-state index contributed by atoms with van der Waals surface area (Å²) in [5.74, 6) is -0.0541. The Kier molecular flexibility index (Phi) is 6.54. The predicted molar refractivity (Wildman–Crippen MR) is 95.7 cm³/mol. The van der Waals surface area contributed by atoms with Crippen LogP contribution in [0.2, 0.25) is 0 Å². The van der Waals surface area contributed by atoms with Crippen molar-refractivity contribution in [2.24, 2.45) is 5.41 Å². The van der Waals surface area contributed by atoms with Crippen LogP contribution in [-0.4, -0.2) is 29.3 Å². The number of hydrogen-bond donors (Lipinski definition) is 2. The van der Waals surface area contributed by atoms with Crippen molar-refractivity contribution in [1.82, 2.24) is 4.67 Å². The fourth-order valence-corrected chi connectivity index (χ4v) is 2.30. The normalized spacial score (nSPS) is 14.7. The third-order valence-corrected chi connectivity index (χ3v) is 4.08. The molecule has 0 saturated carbocycles. The standard InChI is InChI=1S/C17H29N2O2P/c1-6-17(21,11-12-19(5)22)13-9-7-8-10-14(13)18-15(20)16(2,3)4/h7-10,21H,6,11-12,22H2,1-5H3,(H,18,20). The van der Waals surface area contributed by atoms with Gasteiger partial charge in [0.25, 0.3) is 0 Å². The van der Waals surface area contributed by atoms with Gasteiger partial charge < -0.3 is 10.4 Å². The van der Waals surface area contributed by atoms with Crippen LogP contribution in [0.1, 0.15) is 46.1 Å². The van der Waals surface area contributed by atoms with E-state index in [1.165, 1.54) is 0 Å². The molecule has 0 aliphatic heterocycles. The number of hydrogen-bond acceptors (Lipinski definition) is 3. The smallest absolute Gasteiger partial charge is 0.229 e. The molecule has 4 nitrogen and oxygen atoms in total. The first-order valence-electron chi connectivity index (χ1n) is 7.69. The van der Waals surface area contributed by atoms with Gasteiger partial charge in [0, 0.05) is 23.2 Å². The molecule has 0 aliphatic carbocycles. The van der Waals surface area contributed by atoms with Gasteiger partial charge in [-0.1, -0.05) is 55.3 Å². The van der Waals surface area contributed by atoms with Gasteiger partial charge in [-0.15, -0.1) is 0 Å². The number of carbonyl (C=O) groups excluding carboxylic acids is 1. The second-order valence-electron chi connectivity index (χ2n) is 6.87. The highest BCUT2D eigenvalue weighted by Gasteiger charge is 2.31. The van der Waals surface area contributed by atoms with Gasteiger partial charge >= 0.3 is 0 Å². The topological polar surface area (TPSA) is 52.6 Å². The third kappa shape index (κ3) is 5.05. The first-order chi connectivity index (χ1) is 10.1. The Morgan fingerprint density at radius 3 is 2.41 bits per heavy atom. The largest absolute Gasteiger partial charge is 0.385 e. The summed E-state index contributed by atoms with van der Waals surface area (Å²) in [5, 5.41) is 14.0. The molecule has 5 heteroatoms. The number of amides is 1. The first kappa shape index (κ1) is 19.1. The van der Waals surface area contributed by atoms with Gasteiger partial charge in [0.2, 0.25) is 5.91 Å². The molecule has 0 spiro atoms. The van der Waals surface area contributed by atoms with Crippen LogP contribution in [0, 0.1) is 5.41 Å². The fraction of sp³-hybridized carbons (Fsp3) is 0.588. The highest BCUT2D eigenvalue weighted by atomic mass is 31.0. The van der Waals surface area contributed by atoms with Crippen LogP contribution in [0.5, 0.6) is 0 Å². The quantitative estimate of drug-likeness (QED) is 0.789. The number of carbonyl (C=O) groups is 1. The van der Waals surface area contributed by atoms with E-state index in [9.17, 15) is 9.90 Å². The van der Waals surface area contributed by atoms with Gasteiger partial charge in [0.15, 0.2) is 0 Å². The van der Waals surface area contributed by atoms with Crippen molar-refractivity contribution in [2.75, 3.05) is 18.9 Å². The maximum absolute atomic E-state index is 12.3. The summed E-state index contributed by atoms with van der Waals surface area (Å²) in [7, 11) is 4.55. The maximum atomic E-state index is 12.3. The van der Waals surface area contributed by atoms with E-state index in [1.807, 2.05) is 63.7 Å². The summed E-state index contributed by atoms with van der Waals surface area (Å²) >= 11 is 0. The van der Waals surface area contributed by atoms with Crippen molar-refractivity contribution < 1.29 is 9.90 Å². The number of anilines is 1. The molecule has 0 heterocycles. The number of nitrogens with one attached hydrogen (secondary N) is 1. The number of nitrogens with zero attached hydrogens (tertiary/aromatic N) is 1. The van der Waals surface area contributed by atoms with E-state index in [4.69, 9.17) is 0 Å². The van der Waals surface area contributed by atoms with Crippen molar-refractivity contribution in [3.63, 3.8) is 0 Å². The Labute approximate surface area is 136 Å². The molecule has 0 aromatic heterocycles. The number of rotatable bonds is 6. The molecular weight excluding hydrogens is 295 g/mol. The lowest BCUT2D eigenvalue weighted by atomic mass is 9.86. The maximum Gasteiger partial charge on any atom is 0.229 e. The minimum Gasteiger partial charge on any atom is -0.385 e. The summed E-state index contributed by atoms with van der Waals surface area (Å²) in [6.45, 7) is 8.34. The Morgan fingerprint density at radius 1 is 1.32 bits per heavy atom. The molecule has 1 aromatic carbocycles. The second kappa shape index (κ2) is 7.54. The van der Waals surface area contributed by atoms with Gasteiger partial charge in [-0.25, -0.2) is 0 Å². The van der Waals surface area contributed by atoms with E-state index in [0.29, 0.717) is 18.5 Å². The third-order valence-electron chi connectivity index (χ3n) is 3.82. The summed E-state index contributed by atoms with van der Waals surface area (Å²) in [6.07, 6.45) is 1.19.